The number of rotatable bonds is 56. The van der Waals surface area contributed by atoms with Gasteiger partial charge in [-0.25, -0.2) is 4.79 Å². The zero-order valence-corrected chi connectivity index (χ0v) is 49.6. The van der Waals surface area contributed by atoms with Crippen molar-refractivity contribution < 1.29 is 42.9 Å². The van der Waals surface area contributed by atoms with Gasteiger partial charge in [0, 0.05) is 12.8 Å². The van der Waals surface area contributed by atoms with Crippen LogP contribution in [0.25, 0.3) is 0 Å². The van der Waals surface area contributed by atoms with E-state index in [0.717, 1.165) is 89.9 Å². The van der Waals surface area contributed by atoms with Gasteiger partial charge >= 0.3 is 17.9 Å². The number of ether oxygens (including phenoxy) is 4. The molecule has 0 aliphatic heterocycles. The monoisotopic (exact) mass is 1060 g/mol. The predicted molar refractivity (Wildman–Crippen MR) is 322 cm³/mol. The SMILES string of the molecule is CC/C=C\C/C=C\C/C=C\C/C=C\C/C=C\C/C=C\CCCCCCCCCCCCCCCCC(=O)OC(COC(=O)CCCCCCCCC/C=C\C/C=C\CCCCCC)COC(OCC[N+](C)(C)C)C(=O)O. The molecular weight excluding hydrogens is 947 g/mol. The lowest BCUT2D eigenvalue weighted by Gasteiger charge is -2.25. The fraction of sp³-hybridized carbons (Fsp3) is 0.716. The van der Waals surface area contributed by atoms with Gasteiger partial charge in [-0.05, 0) is 96.3 Å². The third kappa shape index (κ3) is 57.9. The summed E-state index contributed by atoms with van der Waals surface area (Å²) in [7, 11) is 5.97. The molecule has 0 radical (unpaired) electrons. The highest BCUT2D eigenvalue weighted by Gasteiger charge is 2.25. The van der Waals surface area contributed by atoms with Crippen LogP contribution in [0.15, 0.2) is 97.2 Å². The Balaban J connectivity index is 4.17. The summed E-state index contributed by atoms with van der Waals surface area (Å²) in [6, 6.07) is 0. The molecule has 0 amide bonds. The number of likely N-dealkylation sites (N-methyl/N-ethyl adjacent to an activating group) is 1. The molecule has 0 aromatic heterocycles. The molecule has 0 aromatic rings. The smallest absolute Gasteiger partial charge is 0.361 e. The summed E-state index contributed by atoms with van der Waals surface area (Å²) < 4.78 is 22.9. The topological polar surface area (TPSA) is 108 Å². The van der Waals surface area contributed by atoms with Crippen LogP contribution in [0.3, 0.4) is 0 Å². The molecule has 0 aliphatic rings. The molecule has 0 spiro atoms. The maximum atomic E-state index is 12.9. The molecule has 0 fully saturated rings. The number of quaternary nitrogens is 1. The van der Waals surface area contributed by atoms with E-state index in [1.165, 1.54) is 128 Å². The number of nitrogens with zero attached hydrogens (tertiary/aromatic N) is 1. The van der Waals surface area contributed by atoms with E-state index in [4.69, 9.17) is 18.9 Å². The Hall–Kier alpha value is -3.79. The van der Waals surface area contributed by atoms with Crippen molar-refractivity contribution in [3.8, 4) is 0 Å². The quantitative estimate of drug-likeness (QED) is 0.0211. The Morgan fingerprint density at radius 3 is 1.12 bits per heavy atom. The van der Waals surface area contributed by atoms with E-state index < -0.39 is 24.3 Å². The molecule has 0 aliphatic carbocycles. The van der Waals surface area contributed by atoms with Gasteiger partial charge in [-0.15, -0.1) is 0 Å². The maximum Gasteiger partial charge on any atom is 0.361 e. The van der Waals surface area contributed by atoms with Crippen LogP contribution in [-0.4, -0.2) is 87.4 Å². The number of esters is 2. The highest BCUT2D eigenvalue weighted by Crippen LogP contribution is 2.16. The average Bonchev–Trinajstić information content (AvgIpc) is 3.39. The summed E-state index contributed by atoms with van der Waals surface area (Å²) in [5, 5.41) is 9.71. The number of aliphatic carboxylic acids is 1. The third-order valence-corrected chi connectivity index (χ3v) is 13.1. The first-order valence-electron chi connectivity index (χ1n) is 30.9. The van der Waals surface area contributed by atoms with Gasteiger partial charge in [-0.3, -0.25) is 9.59 Å². The zero-order valence-electron chi connectivity index (χ0n) is 49.6. The molecule has 436 valence electrons. The van der Waals surface area contributed by atoms with E-state index in [9.17, 15) is 19.5 Å². The number of hydrogen-bond acceptors (Lipinski definition) is 7. The highest BCUT2D eigenvalue weighted by molar-refractivity contribution is 5.71. The Morgan fingerprint density at radius 1 is 0.408 bits per heavy atom. The van der Waals surface area contributed by atoms with Crippen molar-refractivity contribution in [2.45, 2.75) is 264 Å². The van der Waals surface area contributed by atoms with Crippen LogP contribution in [0, 0.1) is 0 Å². The second-order valence-corrected chi connectivity index (χ2v) is 21.6. The molecule has 1 N–H and O–H groups in total. The van der Waals surface area contributed by atoms with Crippen LogP contribution >= 0.6 is 0 Å². The summed E-state index contributed by atoms with van der Waals surface area (Å²) in [5.41, 5.74) is 0. The third-order valence-electron chi connectivity index (χ3n) is 13.1. The van der Waals surface area contributed by atoms with Gasteiger partial charge in [0.15, 0.2) is 6.10 Å². The average molecular weight is 1060 g/mol. The first kappa shape index (κ1) is 72.2. The lowest BCUT2D eigenvalue weighted by Crippen LogP contribution is -2.40. The lowest BCUT2D eigenvalue weighted by atomic mass is 10.0. The van der Waals surface area contributed by atoms with E-state index >= 15 is 0 Å². The van der Waals surface area contributed by atoms with Crippen molar-refractivity contribution in [1.82, 2.24) is 0 Å². The summed E-state index contributed by atoms with van der Waals surface area (Å²) >= 11 is 0. The molecule has 0 saturated heterocycles. The zero-order chi connectivity index (χ0) is 55.5. The van der Waals surface area contributed by atoms with Crippen LogP contribution in [0.1, 0.15) is 251 Å². The van der Waals surface area contributed by atoms with Crippen molar-refractivity contribution >= 4 is 17.9 Å². The van der Waals surface area contributed by atoms with Crippen molar-refractivity contribution in [1.29, 1.82) is 0 Å². The summed E-state index contributed by atoms with van der Waals surface area (Å²) in [6.07, 6.45) is 74.9. The number of hydrogen-bond donors (Lipinski definition) is 1. The van der Waals surface area contributed by atoms with Gasteiger partial charge in [0.05, 0.1) is 34.4 Å². The normalized spacial score (nSPS) is 13.4. The molecule has 76 heavy (non-hydrogen) atoms. The van der Waals surface area contributed by atoms with Gasteiger partial charge in [0.2, 0.25) is 0 Å². The molecule has 0 aromatic carbocycles. The second kappa shape index (κ2) is 57.4. The van der Waals surface area contributed by atoms with Crippen LogP contribution < -0.4 is 0 Å². The standard InChI is InChI=1S/C67H115NO8/c1-6-8-10-12-14-16-18-20-22-24-26-27-28-29-30-31-32-33-34-35-36-37-38-39-40-42-44-46-48-50-52-54-56-58-65(70)76-63(62-75-67(66(71)72)73-60-59-68(3,4)5)61-74-64(69)57-55-53-51-49-47-45-43-41-25-23-21-19-17-15-13-11-9-7-2/h8,10,14,16-17,19-20,22-23,25-27,29-30,32-33,63,67H,6-7,9,11-13,15,18,21,24,28,31,34-62H2,1-5H3/p+1/b10-8-,16-14-,19-17-,22-20-,25-23-,27-26-,30-29-,33-32-. The highest BCUT2D eigenvalue weighted by atomic mass is 16.7. The van der Waals surface area contributed by atoms with Crippen LogP contribution in [0.4, 0.5) is 0 Å². The summed E-state index contributed by atoms with van der Waals surface area (Å²) in [5.74, 6) is -2.02. The van der Waals surface area contributed by atoms with Crippen LogP contribution in [-0.2, 0) is 33.3 Å². The lowest BCUT2D eigenvalue weighted by molar-refractivity contribution is -0.870. The van der Waals surface area contributed by atoms with Crippen molar-refractivity contribution in [3.63, 3.8) is 0 Å². The molecule has 0 heterocycles. The number of unbranched alkanes of at least 4 members (excludes halogenated alkanes) is 25. The van der Waals surface area contributed by atoms with Gasteiger partial charge in [0.1, 0.15) is 13.2 Å². The van der Waals surface area contributed by atoms with Gasteiger partial charge < -0.3 is 28.5 Å². The Kier molecular flexibility index (Phi) is 54.5. The number of carboxylic acid groups (broad SMARTS) is 1. The summed E-state index contributed by atoms with van der Waals surface area (Å²) in [4.78, 5) is 37.5. The minimum Gasteiger partial charge on any atom is -0.477 e. The fourth-order valence-corrected chi connectivity index (χ4v) is 8.34. The molecule has 2 unspecified atom stereocenters. The predicted octanol–water partition coefficient (Wildman–Crippen LogP) is 18.5. The van der Waals surface area contributed by atoms with E-state index in [1.54, 1.807) is 0 Å². The van der Waals surface area contributed by atoms with Crippen LogP contribution in [0.2, 0.25) is 0 Å². The largest absolute Gasteiger partial charge is 0.477 e. The summed E-state index contributed by atoms with van der Waals surface area (Å²) in [6.45, 7) is 4.74. The Bertz CT molecular complexity index is 1570. The number of carbonyl (C=O) groups excluding carboxylic acids is 2. The van der Waals surface area contributed by atoms with Crippen molar-refractivity contribution in [2.75, 3.05) is 47.5 Å². The molecule has 9 heteroatoms. The fourth-order valence-electron chi connectivity index (χ4n) is 8.34. The minimum absolute atomic E-state index is 0.183. The van der Waals surface area contributed by atoms with Gasteiger partial charge in [-0.2, -0.15) is 0 Å². The second-order valence-electron chi connectivity index (χ2n) is 21.6. The van der Waals surface area contributed by atoms with Crippen molar-refractivity contribution in [3.05, 3.63) is 97.2 Å². The number of carbonyl (C=O) groups is 3. The number of allylic oxidation sites excluding steroid dienone is 16. The molecule has 0 saturated carbocycles. The first-order chi connectivity index (χ1) is 37.1. The Morgan fingerprint density at radius 2 is 0.750 bits per heavy atom. The molecule has 0 bridgehead atoms. The van der Waals surface area contributed by atoms with Crippen molar-refractivity contribution in [2.24, 2.45) is 0 Å². The molecule has 0 rings (SSSR count). The van der Waals surface area contributed by atoms with Crippen LogP contribution in [0.5, 0.6) is 0 Å². The molecular formula is C67H116NO8+. The van der Waals surface area contributed by atoms with E-state index in [2.05, 4.69) is 111 Å². The van der Waals surface area contributed by atoms with E-state index in [-0.39, 0.29) is 32.2 Å². The number of carboxylic acids is 1. The molecule has 2 atom stereocenters. The Labute approximate surface area is 467 Å². The molecule has 9 nitrogen and oxygen atoms in total. The maximum absolute atomic E-state index is 12.9. The first-order valence-corrected chi connectivity index (χ1v) is 30.9. The van der Waals surface area contributed by atoms with E-state index in [0.29, 0.717) is 23.9 Å². The minimum atomic E-state index is -1.52. The van der Waals surface area contributed by atoms with Gasteiger partial charge in [0.25, 0.3) is 6.29 Å². The van der Waals surface area contributed by atoms with Gasteiger partial charge in [-0.1, -0.05) is 239 Å². The van der Waals surface area contributed by atoms with E-state index in [1.807, 2.05) is 21.1 Å².